The molecule has 0 aromatic heterocycles. The van der Waals surface area contributed by atoms with Crippen LogP contribution in [0.1, 0.15) is 0 Å². The average Bonchev–Trinajstić information content (AvgIpc) is 2.26. The summed E-state index contributed by atoms with van der Waals surface area (Å²) < 4.78 is 5.42. The zero-order valence-electron chi connectivity index (χ0n) is 8.09. The lowest BCUT2D eigenvalue weighted by atomic mass is 10.3. The van der Waals surface area contributed by atoms with Crippen LogP contribution in [0.2, 0.25) is 0 Å². The summed E-state index contributed by atoms with van der Waals surface area (Å²) in [5.41, 5.74) is 5.24. The zero-order chi connectivity index (χ0) is 12.1. The summed E-state index contributed by atoms with van der Waals surface area (Å²) >= 11 is 3.06. The molecule has 0 aliphatic rings. The number of nitrogens with two attached hydrogens (primary N) is 1. The fourth-order valence-corrected chi connectivity index (χ4v) is 1.49. The molecule has 0 fully saturated rings. The Hall–Kier alpha value is -1.65. The predicted molar refractivity (Wildman–Crippen MR) is 59.9 cm³/mol. The zero-order valence-corrected chi connectivity index (χ0v) is 9.68. The molecular weight excluding hydrogens is 278 g/mol. The highest BCUT2D eigenvalue weighted by Gasteiger charge is 2.16. The van der Waals surface area contributed by atoms with Gasteiger partial charge in [0.2, 0.25) is 0 Å². The minimum atomic E-state index is -0.758. The van der Waals surface area contributed by atoms with Crippen molar-refractivity contribution >= 4 is 21.6 Å². The monoisotopic (exact) mass is 285 g/mol. The van der Waals surface area contributed by atoms with Gasteiger partial charge < -0.3 is 10.5 Å². The highest BCUT2D eigenvalue weighted by Crippen LogP contribution is 2.33. The third-order valence-electron chi connectivity index (χ3n) is 1.72. The molecule has 0 aliphatic carbocycles. The Morgan fingerprint density at radius 2 is 2.38 bits per heavy atom. The molecular formula is C9H8BrN3O3. The quantitative estimate of drug-likeness (QED) is 0.668. The summed E-state index contributed by atoms with van der Waals surface area (Å²) in [5, 5.41) is 19.1. The molecule has 0 radical (unpaired) electrons. The summed E-state index contributed by atoms with van der Waals surface area (Å²) in [6, 6.07) is 5.44. The van der Waals surface area contributed by atoms with E-state index in [9.17, 15) is 10.1 Å². The number of nitro benzene ring substituents is 1. The van der Waals surface area contributed by atoms with E-state index in [-0.39, 0.29) is 16.8 Å². The van der Waals surface area contributed by atoms with Gasteiger partial charge in [0, 0.05) is 6.07 Å². The van der Waals surface area contributed by atoms with Gasteiger partial charge >= 0.3 is 0 Å². The van der Waals surface area contributed by atoms with Gasteiger partial charge in [-0.25, -0.2) is 0 Å². The van der Waals surface area contributed by atoms with E-state index in [1.165, 1.54) is 12.1 Å². The van der Waals surface area contributed by atoms with Crippen LogP contribution in [0.4, 0.5) is 5.69 Å². The van der Waals surface area contributed by atoms with Crippen LogP contribution in [0, 0.1) is 21.4 Å². The summed E-state index contributed by atoms with van der Waals surface area (Å²) in [6.45, 7) is -0.0176. The predicted octanol–water partition coefficient (Wildman–Crippen LogP) is 1.59. The Balaban J connectivity index is 2.86. The van der Waals surface area contributed by atoms with Crippen molar-refractivity contribution in [3.8, 4) is 11.8 Å². The van der Waals surface area contributed by atoms with Gasteiger partial charge in [0.05, 0.1) is 11.0 Å². The van der Waals surface area contributed by atoms with Crippen molar-refractivity contribution in [1.29, 1.82) is 5.26 Å². The number of rotatable bonds is 4. The van der Waals surface area contributed by atoms with E-state index in [0.29, 0.717) is 5.75 Å². The van der Waals surface area contributed by atoms with Crippen LogP contribution < -0.4 is 10.5 Å². The minimum absolute atomic E-state index is 0.0176. The van der Waals surface area contributed by atoms with E-state index in [4.69, 9.17) is 15.7 Å². The van der Waals surface area contributed by atoms with Gasteiger partial charge in [-0.1, -0.05) is 6.07 Å². The highest BCUT2D eigenvalue weighted by atomic mass is 79.9. The molecule has 84 valence electrons. The van der Waals surface area contributed by atoms with Gasteiger partial charge in [0.15, 0.2) is 0 Å². The summed E-state index contributed by atoms with van der Waals surface area (Å²) in [6.07, 6.45) is 0. The van der Waals surface area contributed by atoms with Crippen LogP contribution in [0.5, 0.6) is 5.75 Å². The number of halogens is 1. The second kappa shape index (κ2) is 5.44. The number of hydrogen-bond acceptors (Lipinski definition) is 5. The molecule has 0 bridgehead atoms. The maximum atomic E-state index is 10.6. The first-order valence-electron chi connectivity index (χ1n) is 4.27. The molecule has 1 atom stereocenters. The molecule has 1 aromatic rings. The maximum absolute atomic E-state index is 10.6. The SMILES string of the molecule is N#CC(N)COc1cccc([N+](=O)[O-])c1Br. The van der Waals surface area contributed by atoms with E-state index in [1.54, 1.807) is 12.1 Å². The Morgan fingerprint density at radius 1 is 1.69 bits per heavy atom. The molecule has 0 saturated heterocycles. The fourth-order valence-electron chi connectivity index (χ4n) is 0.969. The number of nitro groups is 1. The second-order valence-corrected chi connectivity index (χ2v) is 3.69. The van der Waals surface area contributed by atoms with Crippen LogP contribution in [-0.4, -0.2) is 17.6 Å². The third-order valence-corrected chi connectivity index (χ3v) is 2.52. The van der Waals surface area contributed by atoms with Crippen LogP contribution in [-0.2, 0) is 0 Å². The molecule has 0 saturated carbocycles. The van der Waals surface area contributed by atoms with Crippen LogP contribution in [0.25, 0.3) is 0 Å². The number of nitriles is 1. The van der Waals surface area contributed by atoms with E-state index >= 15 is 0 Å². The topological polar surface area (TPSA) is 102 Å². The van der Waals surface area contributed by atoms with Crippen molar-refractivity contribution in [2.24, 2.45) is 5.73 Å². The van der Waals surface area contributed by atoms with Crippen molar-refractivity contribution in [2.45, 2.75) is 6.04 Å². The van der Waals surface area contributed by atoms with Crippen LogP contribution in [0.3, 0.4) is 0 Å². The van der Waals surface area contributed by atoms with Crippen LogP contribution >= 0.6 is 15.9 Å². The molecule has 1 unspecified atom stereocenters. The highest BCUT2D eigenvalue weighted by molar-refractivity contribution is 9.10. The van der Waals surface area contributed by atoms with E-state index in [0.717, 1.165) is 0 Å². The molecule has 0 spiro atoms. The van der Waals surface area contributed by atoms with E-state index in [1.807, 2.05) is 0 Å². The van der Waals surface area contributed by atoms with Gasteiger partial charge in [-0.15, -0.1) is 0 Å². The molecule has 0 amide bonds. The molecule has 1 aromatic carbocycles. The maximum Gasteiger partial charge on any atom is 0.287 e. The average molecular weight is 286 g/mol. The number of hydrogen-bond donors (Lipinski definition) is 1. The van der Waals surface area contributed by atoms with E-state index < -0.39 is 11.0 Å². The second-order valence-electron chi connectivity index (χ2n) is 2.89. The smallest absolute Gasteiger partial charge is 0.287 e. The van der Waals surface area contributed by atoms with Crippen molar-refractivity contribution in [2.75, 3.05) is 6.61 Å². The first kappa shape index (κ1) is 12.4. The summed E-state index contributed by atoms with van der Waals surface area (Å²) in [5.74, 6) is 0.292. The number of benzene rings is 1. The molecule has 7 heteroatoms. The number of nitrogens with zero attached hydrogens (tertiary/aromatic N) is 2. The van der Waals surface area contributed by atoms with Gasteiger partial charge in [0.1, 0.15) is 22.9 Å². The Kier molecular flexibility index (Phi) is 4.22. The Labute approximate surface area is 99.9 Å². The van der Waals surface area contributed by atoms with Gasteiger partial charge in [0.25, 0.3) is 5.69 Å². The largest absolute Gasteiger partial charge is 0.489 e. The Bertz CT molecular complexity index is 444. The lowest BCUT2D eigenvalue weighted by Crippen LogP contribution is -2.25. The molecule has 1 rings (SSSR count). The van der Waals surface area contributed by atoms with Gasteiger partial charge in [-0.3, -0.25) is 10.1 Å². The Morgan fingerprint density at radius 3 is 2.94 bits per heavy atom. The normalized spacial score (nSPS) is 11.6. The molecule has 16 heavy (non-hydrogen) atoms. The minimum Gasteiger partial charge on any atom is -0.489 e. The fraction of sp³-hybridized carbons (Fsp3) is 0.222. The molecule has 6 nitrogen and oxygen atoms in total. The van der Waals surface area contributed by atoms with Gasteiger partial charge in [-0.05, 0) is 22.0 Å². The first-order chi connectivity index (χ1) is 7.56. The summed E-state index contributed by atoms with van der Waals surface area (Å²) in [4.78, 5) is 10.1. The van der Waals surface area contributed by atoms with Gasteiger partial charge in [-0.2, -0.15) is 5.26 Å². The standard InChI is InChI=1S/C9H8BrN3O3/c10-9-7(13(14)15)2-1-3-8(9)16-5-6(12)4-11/h1-3,6H,5,12H2. The number of ether oxygens (including phenoxy) is 1. The molecule has 0 aliphatic heterocycles. The van der Waals surface area contributed by atoms with Crippen molar-refractivity contribution in [3.05, 3.63) is 32.8 Å². The first-order valence-corrected chi connectivity index (χ1v) is 5.06. The third kappa shape index (κ3) is 2.92. The van der Waals surface area contributed by atoms with Crippen LogP contribution in [0.15, 0.2) is 22.7 Å². The van der Waals surface area contributed by atoms with Crippen molar-refractivity contribution in [1.82, 2.24) is 0 Å². The molecule has 2 N–H and O–H groups in total. The lowest BCUT2D eigenvalue weighted by Gasteiger charge is -2.08. The lowest BCUT2D eigenvalue weighted by molar-refractivity contribution is -0.385. The molecule has 0 heterocycles. The van der Waals surface area contributed by atoms with E-state index in [2.05, 4.69) is 15.9 Å². The van der Waals surface area contributed by atoms with Crippen molar-refractivity contribution < 1.29 is 9.66 Å². The van der Waals surface area contributed by atoms with Crippen molar-refractivity contribution in [3.63, 3.8) is 0 Å². The summed E-state index contributed by atoms with van der Waals surface area (Å²) in [7, 11) is 0.